The number of ether oxygens (including phenoxy) is 2. The number of carbonyl (C=O) groups is 1. The van der Waals surface area contributed by atoms with Gasteiger partial charge in [0.05, 0.1) is 11.6 Å². The Morgan fingerprint density at radius 3 is 2.61 bits per heavy atom. The van der Waals surface area contributed by atoms with Crippen molar-refractivity contribution in [1.82, 2.24) is 10.3 Å². The number of nitrogens with one attached hydrogen (secondary N) is 2. The van der Waals surface area contributed by atoms with Crippen LogP contribution < -0.4 is 14.8 Å². The van der Waals surface area contributed by atoms with Crippen molar-refractivity contribution in [2.45, 2.75) is 25.6 Å². The lowest BCUT2D eigenvalue weighted by Crippen LogP contribution is -2.38. The van der Waals surface area contributed by atoms with Crippen molar-refractivity contribution in [3.8, 4) is 11.5 Å². The Hall–Kier alpha value is -3.29. The largest absolute Gasteiger partial charge is 0.493 e. The number of carboxylic acids is 1. The first-order valence-electron chi connectivity index (χ1n) is 10.6. The van der Waals surface area contributed by atoms with Gasteiger partial charge in [-0.2, -0.15) is 0 Å². The van der Waals surface area contributed by atoms with Crippen LogP contribution in [0.5, 0.6) is 11.5 Å². The monoisotopic (exact) mass is 508 g/mol. The van der Waals surface area contributed by atoms with E-state index in [1.807, 2.05) is 72.9 Å². The minimum absolute atomic E-state index is 0.368. The number of rotatable bonds is 10. The van der Waals surface area contributed by atoms with Gasteiger partial charge in [-0.15, -0.1) is 0 Å². The third-order valence-corrected chi connectivity index (χ3v) is 6.05. The first-order valence-corrected chi connectivity index (χ1v) is 11.4. The molecule has 0 unspecified atom stereocenters. The average molecular weight is 509 g/mol. The molecule has 1 atom stereocenters. The van der Waals surface area contributed by atoms with E-state index >= 15 is 0 Å². The molecule has 0 spiro atoms. The van der Waals surface area contributed by atoms with Crippen molar-refractivity contribution in [3.05, 3.63) is 94.1 Å². The van der Waals surface area contributed by atoms with Crippen molar-refractivity contribution in [2.24, 2.45) is 0 Å². The van der Waals surface area contributed by atoms with Gasteiger partial charge >= 0.3 is 5.97 Å². The fraction of sp³-hybridized carbons (Fsp3) is 0.192. The minimum Gasteiger partial charge on any atom is -0.493 e. The smallest absolute Gasteiger partial charge is 0.321 e. The molecule has 0 aliphatic rings. The summed E-state index contributed by atoms with van der Waals surface area (Å²) in [5.74, 6) is 0.299. The number of halogens is 1. The molecule has 4 rings (SSSR count). The quantitative estimate of drug-likeness (QED) is 0.270. The zero-order valence-electron chi connectivity index (χ0n) is 18.2. The second kappa shape index (κ2) is 10.6. The summed E-state index contributed by atoms with van der Waals surface area (Å²) < 4.78 is 12.3. The number of para-hydroxylation sites is 1. The normalized spacial score (nSPS) is 11.9. The number of fused-ring (bicyclic) bond motifs is 1. The van der Waals surface area contributed by atoms with Gasteiger partial charge in [0, 0.05) is 30.1 Å². The van der Waals surface area contributed by atoms with Gasteiger partial charge in [0.15, 0.2) is 11.5 Å². The number of carboxylic acid groups (broad SMARTS) is 1. The Bertz CT molecular complexity index is 1240. The number of aromatic amines is 1. The van der Waals surface area contributed by atoms with Gasteiger partial charge in [0.1, 0.15) is 12.6 Å². The van der Waals surface area contributed by atoms with E-state index in [9.17, 15) is 9.90 Å². The van der Waals surface area contributed by atoms with E-state index in [0.29, 0.717) is 31.1 Å². The summed E-state index contributed by atoms with van der Waals surface area (Å²) in [6, 6.07) is 20.8. The van der Waals surface area contributed by atoms with Crippen LogP contribution in [-0.2, 0) is 24.4 Å². The second-order valence-electron chi connectivity index (χ2n) is 7.72. The Balaban J connectivity index is 1.45. The molecule has 0 saturated carbocycles. The van der Waals surface area contributed by atoms with E-state index in [-0.39, 0.29) is 0 Å². The summed E-state index contributed by atoms with van der Waals surface area (Å²) in [6.07, 6.45) is 2.25. The predicted molar refractivity (Wildman–Crippen MR) is 132 cm³/mol. The maximum atomic E-state index is 11.9. The van der Waals surface area contributed by atoms with Crippen molar-refractivity contribution in [3.63, 3.8) is 0 Å². The Kier molecular flexibility index (Phi) is 7.32. The molecule has 1 heterocycles. The first-order chi connectivity index (χ1) is 16.0. The van der Waals surface area contributed by atoms with Crippen LogP contribution in [-0.4, -0.2) is 29.2 Å². The molecule has 6 nitrogen and oxygen atoms in total. The van der Waals surface area contributed by atoms with Crippen LogP contribution in [0.1, 0.15) is 16.7 Å². The maximum absolute atomic E-state index is 11.9. The summed E-state index contributed by atoms with van der Waals surface area (Å²) in [4.78, 5) is 15.1. The number of hydrogen-bond acceptors (Lipinski definition) is 4. The molecular formula is C26H25BrN2O4. The van der Waals surface area contributed by atoms with Crippen LogP contribution in [0.15, 0.2) is 77.4 Å². The summed E-state index contributed by atoms with van der Waals surface area (Å²) >= 11 is 3.57. The van der Waals surface area contributed by atoms with Crippen LogP contribution in [0.2, 0.25) is 0 Å². The van der Waals surface area contributed by atoms with Gasteiger partial charge in [-0.1, -0.05) is 48.5 Å². The number of methoxy groups -OCH3 is 1. The molecule has 1 aromatic heterocycles. The highest BCUT2D eigenvalue weighted by Crippen LogP contribution is 2.37. The average Bonchev–Trinajstić information content (AvgIpc) is 3.24. The Morgan fingerprint density at radius 1 is 1.09 bits per heavy atom. The van der Waals surface area contributed by atoms with E-state index in [2.05, 4.69) is 26.2 Å². The van der Waals surface area contributed by atoms with Gasteiger partial charge in [-0.25, -0.2) is 0 Å². The van der Waals surface area contributed by atoms with Gasteiger partial charge in [-0.05, 0) is 50.8 Å². The molecule has 0 bridgehead atoms. The number of benzene rings is 3. The summed E-state index contributed by atoms with van der Waals surface area (Å²) in [7, 11) is 1.59. The first kappa shape index (κ1) is 22.9. The van der Waals surface area contributed by atoms with Crippen LogP contribution >= 0.6 is 15.9 Å². The van der Waals surface area contributed by atoms with Crippen molar-refractivity contribution < 1.29 is 19.4 Å². The van der Waals surface area contributed by atoms with Crippen LogP contribution in [0, 0.1) is 0 Å². The number of H-pyrrole nitrogens is 1. The topological polar surface area (TPSA) is 83.6 Å². The highest BCUT2D eigenvalue weighted by atomic mass is 79.9. The molecule has 170 valence electrons. The third-order valence-electron chi connectivity index (χ3n) is 5.46. The Morgan fingerprint density at radius 2 is 1.85 bits per heavy atom. The summed E-state index contributed by atoms with van der Waals surface area (Å²) in [5, 5.41) is 14.0. The van der Waals surface area contributed by atoms with Gasteiger partial charge in [0.25, 0.3) is 0 Å². The molecule has 0 fully saturated rings. The molecule has 7 heteroatoms. The zero-order chi connectivity index (χ0) is 23.2. The van der Waals surface area contributed by atoms with E-state index in [1.54, 1.807) is 7.11 Å². The number of aliphatic carboxylic acids is 1. The number of hydrogen-bond donors (Lipinski definition) is 3. The lowest BCUT2D eigenvalue weighted by atomic mass is 10.0. The zero-order valence-corrected chi connectivity index (χ0v) is 19.8. The standard InChI is InChI=1S/C26H25BrN2O4/c1-32-24-12-18(11-21(27)25(24)33-16-17-7-3-2-4-8-17)14-28-23(26(30)31)13-19-15-29-22-10-6-5-9-20(19)22/h2-12,15,23,28-29H,13-14,16H2,1H3,(H,30,31)/t23-/m1/s1. The van der Waals surface area contributed by atoms with Gasteiger partial charge in [0.2, 0.25) is 0 Å². The minimum atomic E-state index is -0.894. The molecule has 3 aromatic carbocycles. The van der Waals surface area contributed by atoms with E-state index in [4.69, 9.17) is 9.47 Å². The molecule has 33 heavy (non-hydrogen) atoms. The highest BCUT2D eigenvalue weighted by Gasteiger charge is 2.20. The maximum Gasteiger partial charge on any atom is 0.321 e. The molecule has 4 aromatic rings. The summed E-state index contributed by atoms with van der Waals surface area (Å²) in [6.45, 7) is 0.784. The van der Waals surface area contributed by atoms with Gasteiger partial charge in [-0.3, -0.25) is 4.79 Å². The predicted octanol–water partition coefficient (Wildman–Crippen LogP) is 5.30. The van der Waals surface area contributed by atoms with Crippen molar-refractivity contribution >= 4 is 32.8 Å². The lowest BCUT2D eigenvalue weighted by Gasteiger charge is -2.17. The van der Waals surface area contributed by atoms with E-state index in [0.717, 1.165) is 32.1 Å². The summed E-state index contributed by atoms with van der Waals surface area (Å²) in [5.41, 5.74) is 3.90. The molecule has 0 radical (unpaired) electrons. The molecule has 0 aliphatic heterocycles. The lowest BCUT2D eigenvalue weighted by molar-refractivity contribution is -0.139. The number of aromatic nitrogens is 1. The van der Waals surface area contributed by atoms with E-state index in [1.165, 1.54) is 0 Å². The van der Waals surface area contributed by atoms with E-state index < -0.39 is 12.0 Å². The highest BCUT2D eigenvalue weighted by molar-refractivity contribution is 9.10. The molecular weight excluding hydrogens is 484 g/mol. The molecule has 0 saturated heterocycles. The third kappa shape index (κ3) is 5.56. The van der Waals surface area contributed by atoms with Crippen molar-refractivity contribution in [2.75, 3.05) is 7.11 Å². The molecule has 0 aliphatic carbocycles. The second-order valence-corrected chi connectivity index (χ2v) is 8.57. The van der Waals surface area contributed by atoms with Gasteiger partial charge < -0.3 is 24.9 Å². The Labute approximate surface area is 200 Å². The fourth-order valence-electron chi connectivity index (χ4n) is 3.75. The SMILES string of the molecule is COc1cc(CN[C@H](Cc2c[nH]c3ccccc23)C(=O)O)cc(Br)c1OCc1ccccc1. The molecule has 3 N–H and O–H groups in total. The van der Waals surface area contributed by atoms with Crippen molar-refractivity contribution in [1.29, 1.82) is 0 Å². The van der Waals surface area contributed by atoms with Crippen LogP contribution in [0.25, 0.3) is 10.9 Å². The molecule has 0 amide bonds. The van der Waals surface area contributed by atoms with Crippen LogP contribution in [0.3, 0.4) is 0 Å². The van der Waals surface area contributed by atoms with Crippen LogP contribution in [0.4, 0.5) is 0 Å². The fourth-order valence-corrected chi connectivity index (χ4v) is 4.36.